The Morgan fingerprint density at radius 2 is 1.63 bits per heavy atom. The molecule has 0 saturated heterocycles. The van der Waals surface area contributed by atoms with Crippen molar-refractivity contribution in [1.82, 2.24) is 5.43 Å². The lowest BCUT2D eigenvalue weighted by atomic mass is 10.2. The first-order chi connectivity index (χ1) is 14.6. The van der Waals surface area contributed by atoms with Gasteiger partial charge in [0.1, 0.15) is 5.75 Å². The van der Waals surface area contributed by atoms with E-state index in [2.05, 4.69) is 26.5 Å². The number of carbonyl (C=O) groups excluding carboxylic acids is 2. The first-order valence-electron chi connectivity index (χ1n) is 8.89. The summed E-state index contributed by atoms with van der Waals surface area (Å²) in [6.07, 6.45) is 1.49. The Kier molecular flexibility index (Phi) is 5.76. The molecule has 8 heteroatoms. The highest BCUT2D eigenvalue weighted by molar-refractivity contribution is 9.10. The van der Waals surface area contributed by atoms with Gasteiger partial charge < -0.3 is 14.2 Å². The van der Waals surface area contributed by atoms with Crippen LogP contribution < -0.4 is 19.6 Å². The zero-order valence-electron chi connectivity index (χ0n) is 15.5. The molecule has 1 aliphatic rings. The summed E-state index contributed by atoms with van der Waals surface area (Å²) in [7, 11) is 0. The predicted molar refractivity (Wildman–Crippen MR) is 113 cm³/mol. The van der Waals surface area contributed by atoms with Crippen LogP contribution in [-0.4, -0.2) is 24.9 Å². The molecule has 1 N–H and O–H groups in total. The van der Waals surface area contributed by atoms with Gasteiger partial charge in [0.2, 0.25) is 6.79 Å². The van der Waals surface area contributed by atoms with Crippen LogP contribution in [0.15, 0.2) is 76.3 Å². The predicted octanol–water partition coefficient (Wildman–Crippen LogP) is 4.16. The molecule has 1 amide bonds. The molecule has 0 unspecified atom stereocenters. The third-order valence-corrected chi connectivity index (χ3v) is 4.71. The molecule has 0 saturated carbocycles. The monoisotopic (exact) mass is 466 g/mol. The summed E-state index contributed by atoms with van der Waals surface area (Å²) in [5.74, 6) is 0.727. The maximum absolute atomic E-state index is 12.2. The van der Waals surface area contributed by atoms with Gasteiger partial charge in [-0.05, 0) is 72.3 Å². The van der Waals surface area contributed by atoms with E-state index in [0.29, 0.717) is 28.4 Å². The average Bonchev–Trinajstić information content (AvgIpc) is 3.23. The fraction of sp³-hybridized carbons (Fsp3) is 0.0455. The summed E-state index contributed by atoms with van der Waals surface area (Å²) < 4.78 is 16.7. The Bertz CT molecular complexity index is 1110. The number of carbonyl (C=O) groups is 2. The second-order valence-electron chi connectivity index (χ2n) is 6.23. The Labute approximate surface area is 180 Å². The van der Waals surface area contributed by atoms with Crippen molar-refractivity contribution >= 4 is 34.0 Å². The molecule has 150 valence electrons. The zero-order valence-corrected chi connectivity index (χ0v) is 17.1. The van der Waals surface area contributed by atoms with Gasteiger partial charge in [0.25, 0.3) is 5.91 Å². The van der Waals surface area contributed by atoms with Crippen molar-refractivity contribution in [2.45, 2.75) is 0 Å². The van der Waals surface area contributed by atoms with Gasteiger partial charge in [0, 0.05) is 10.0 Å². The molecule has 0 aromatic heterocycles. The number of esters is 1. The fourth-order valence-electron chi connectivity index (χ4n) is 2.64. The molecule has 0 spiro atoms. The van der Waals surface area contributed by atoms with Gasteiger partial charge in [-0.3, -0.25) is 4.79 Å². The van der Waals surface area contributed by atoms with Crippen molar-refractivity contribution in [2.75, 3.05) is 6.79 Å². The van der Waals surface area contributed by atoms with Crippen molar-refractivity contribution in [2.24, 2.45) is 5.10 Å². The number of fused-ring (bicyclic) bond motifs is 1. The van der Waals surface area contributed by atoms with E-state index in [4.69, 9.17) is 14.2 Å². The van der Waals surface area contributed by atoms with Crippen LogP contribution in [0.3, 0.4) is 0 Å². The average molecular weight is 467 g/mol. The summed E-state index contributed by atoms with van der Waals surface area (Å²) >= 11 is 3.32. The van der Waals surface area contributed by atoms with Crippen LogP contribution in [-0.2, 0) is 0 Å². The first-order valence-corrected chi connectivity index (χ1v) is 9.69. The molecule has 7 nitrogen and oxygen atoms in total. The van der Waals surface area contributed by atoms with E-state index in [1.165, 1.54) is 6.21 Å². The summed E-state index contributed by atoms with van der Waals surface area (Å²) in [6.45, 7) is 0.146. The van der Waals surface area contributed by atoms with E-state index < -0.39 is 5.97 Å². The largest absolute Gasteiger partial charge is 0.454 e. The number of nitrogens with zero attached hydrogens (tertiary/aromatic N) is 1. The van der Waals surface area contributed by atoms with Gasteiger partial charge in [-0.2, -0.15) is 5.10 Å². The maximum Gasteiger partial charge on any atom is 0.343 e. The van der Waals surface area contributed by atoms with E-state index >= 15 is 0 Å². The number of ether oxygens (including phenoxy) is 3. The van der Waals surface area contributed by atoms with Crippen LogP contribution in [0.25, 0.3) is 0 Å². The van der Waals surface area contributed by atoms with Crippen LogP contribution >= 0.6 is 15.9 Å². The van der Waals surface area contributed by atoms with Gasteiger partial charge in [-0.15, -0.1) is 0 Å². The quantitative estimate of drug-likeness (QED) is 0.264. The molecule has 0 radical (unpaired) electrons. The topological polar surface area (TPSA) is 86.2 Å². The van der Waals surface area contributed by atoms with Gasteiger partial charge in [-0.1, -0.05) is 15.9 Å². The number of rotatable bonds is 5. The molecular formula is C22H15BrN2O5. The number of hydrogen-bond donors (Lipinski definition) is 1. The molecule has 3 aromatic rings. The van der Waals surface area contributed by atoms with Crippen molar-refractivity contribution in [3.63, 3.8) is 0 Å². The van der Waals surface area contributed by atoms with Crippen LogP contribution in [0.4, 0.5) is 0 Å². The number of amides is 1. The lowest BCUT2D eigenvalue weighted by Crippen LogP contribution is -2.17. The van der Waals surface area contributed by atoms with Crippen molar-refractivity contribution in [1.29, 1.82) is 0 Å². The highest BCUT2D eigenvalue weighted by Crippen LogP contribution is 2.32. The number of hydrogen-bond acceptors (Lipinski definition) is 6. The van der Waals surface area contributed by atoms with E-state index in [9.17, 15) is 9.59 Å². The van der Waals surface area contributed by atoms with Crippen molar-refractivity contribution < 1.29 is 23.8 Å². The van der Waals surface area contributed by atoms with Crippen LogP contribution in [0, 0.1) is 0 Å². The summed E-state index contributed by atoms with van der Waals surface area (Å²) in [5.41, 5.74) is 4.05. The number of benzene rings is 3. The molecule has 1 aliphatic heterocycles. The van der Waals surface area contributed by atoms with Crippen molar-refractivity contribution in [3.8, 4) is 17.2 Å². The smallest absolute Gasteiger partial charge is 0.343 e. The molecule has 0 aliphatic carbocycles. The van der Waals surface area contributed by atoms with Crippen LogP contribution in [0.5, 0.6) is 17.2 Å². The Hall–Kier alpha value is -3.65. The molecule has 0 bridgehead atoms. The van der Waals surface area contributed by atoms with E-state index in [0.717, 1.165) is 10.0 Å². The molecule has 30 heavy (non-hydrogen) atoms. The summed E-state index contributed by atoms with van der Waals surface area (Å²) in [5, 5.41) is 3.95. The molecule has 0 fully saturated rings. The first kappa shape index (κ1) is 19.7. The Balaban J connectivity index is 1.33. The molecular weight excluding hydrogens is 452 g/mol. The Morgan fingerprint density at radius 3 is 2.40 bits per heavy atom. The minimum Gasteiger partial charge on any atom is -0.454 e. The number of hydrazone groups is 1. The lowest BCUT2D eigenvalue weighted by Gasteiger charge is -2.05. The van der Waals surface area contributed by atoms with Gasteiger partial charge >= 0.3 is 5.97 Å². The van der Waals surface area contributed by atoms with E-state index in [-0.39, 0.29) is 12.7 Å². The second-order valence-corrected chi connectivity index (χ2v) is 7.15. The lowest BCUT2D eigenvalue weighted by molar-refractivity contribution is 0.0734. The van der Waals surface area contributed by atoms with Crippen molar-refractivity contribution in [3.05, 3.63) is 87.9 Å². The summed E-state index contributed by atoms with van der Waals surface area (Å²) in [4.78, 5) is 24.3. The summed E-state index contributed by atoms with van der Waals surface area (Å²) in [6, 6.07) is 18.6. The third-order valence-electron chi connectivity index (χ3n) is 4.19. The van der Waals surface area contributed by atoms with Gasteiger partial charge in [0.05, 0.1) is 11.8 Å². The Morgan fingerprint density at radius 1 is 0.933 bits per heavy atom. The third kappa shape index (κ3) is 4.66. The highest BCUT2D eigenvalue weighted by atomic mass is 79.9. The van der Waals surface area contributed by atoms with Crippen LogP contribution in [0.1, 0.15) is 26.3 Å². The van der Waals surface area contributed by atoms with E-state index in [1.54, 1.807) is 66.7 Å². The molecule has 4 rings (SSSR count). The van der Waals surface area contributed by atoms with Gasteiger partial charge in [-0.25, -0.2) is 10.2 Å². The standard InChI is InChI=1S/C22H15BrN2O5/c23-17-6-3-15(4-7-17)22(27)30-18-8-1-14(2-9-18)12-24-25-21(26)16-5-10-19-20(11-16)29-13-28-19/h1-12H,13H2,(H,25,26)/b24-12-. The SMILES string of the molecule is O=C(N/N=C\c1ccc(OC(=O)c2ccc(Br)cc2)cc1)c1ccc2c(c1)OCO2. The maximum atomic E-state index is 12.2. The minimum atomic E-state index is -0.445. The number of nitrogens with one attached hydrogen (secondary N) is 1. The minimum absolute atomic E-state index is 0.146. The number of halogens is 1. The van der Waals surface area contributed by atoms with E-state index in [1.807, 2.05) is 0 Å². The molecule has 1 heterocycles. The highest BCUT2D eigenvalue weighted by Gasteiger charge is 2.15. The second kappa shape index (κ2) is 8.79. The van der Waals surface area contributed by atoms with Gasteiger partial charge in [0.15, 0.2) is 11.5 Å². The molecule has 0 atom stereocenters. The zero-order chi connectivity index (χ0) is 20.9. The molecule has 3 aromatic carbocycles. The fourth-order valence-corrected chi connectivity index (χ4v) is 2.91. The normalized spacial score (nSPS) is 12.0. The van der Waals surface area contributed by atoms with Crippen LogP contribution in [0.2, 0.25) is 0 Å².